The van der Waals surface area contributed by atoms with Crippen molar-refractivity contribution in [2.75, 3.05) is 13.7 Å². The van der Waals surface area contributed by atoms with E-state index >= 15 is 0 Å². The van der Waals surface area contributed by atoms with Gasteiger partial charge in [-0.3, -0.25) is 0 Å². The highest BCUT2D eigenvalue weighted by Gasteiger charge is 2.46. The van der Waals surface area contributed by atoms with Crippen molar-refractivity contribution in [2.24, 2.45) is 0 Å². The predicted molar refractivity (Wildman–Crippen MR) is 56.7 cm³/mol. The molecule has 8 nitrogen and oxygen atoms in total. The highest BCUT2D eigenvalue weighted by atomic mass is 16.7. The topological polar surface area (TPSA) is 126 Å². The molecule has 0 saturated carbocycles. The van der Waals surface area contributed by atoms with E-state index in [-0.39, 0.29) is 0 Å². The van der Waals surface area contributed by atoms with E-state index in [0.29, 0.717) is 0 Å². The molecule has 4 N–H and O–H groups in total. The van der Waals surface area contributed by atoms with E-state index in [2.05, 4.69) is 0 Å². The number of aliphatic hydroxyl groups excluding tert-OH is 3. The van der Waals surface area contributed by atoms with Gasteiger partial charge in [-0.2, -0.15) is 0 Å². The quantitative estimate of drug-likeness (QED) is 0.447. The molecule has 0 radical (unpaired) electrons. The Morgan fingerprint density at radius 1 is 1.39 bits per heavy atom. The standard InChI is InChI=1S/C10H18O8/c1-4(9(14)15)17-8-6(12)5(3-11)18-10(16-2)7(8)13/h4-8,10-13H,3H2,1-2H3,(H,14,15)/t4-,5-,6-,7-,8+,10+/m1/s1. The molecule has 1 aliphatic rings. The molecular weight excluding hydrogens is 248 g/mol. The molecule has 106 valence electrons. The number of ether oxygens (including phenoxy) is 3. The number of methoxy groups -OCH3 is 1. The van der Waals surface area contributed by atoms with E-state index in [0.717, 1.165) is 0 Å². The zero-order valence-electron chi connectivity index (χ0n) is 10.1. The minimum Gasteiger partial charge on any atom is -0.479 e. The van der Waals surface area contributed by atoms with Crippen molar-refractivity contribution in [3.63, 3.8) is 0 Å². The molecule has 6 atom stereocenters. The van der Waals surface area contributed by atoms with E-state index in [4.69, 9.17) is 24.4 Å². The lowest BCUT2D eigenvalue weighted by Gasteiger charge is -2.41. The lowest BCUT2D eigenvalue weighted by molar-refractivity contribution is -0.305. The number of carboxylic acid groups (broad SMARTS) is 1. The predicted octanol–water partition coefficient (Wildman–Crippen LogP) is -2.07. The van der Waals surface area contributed by atoms with Crippen molar-refractivity contribution in [2.45, 2.75) is 43.7 Å². The fourth-order valence-corrected chi connectivity index (χ4v) is 1.70. The van der Waals surface area contributed by atoms with Gasteiger partial charge in [-0.05, 0) is 6.92 Å². The van der Waals surface area contributed by atoms with Crippen molar-refractivity contribution >= 4 is 5.97 Å². The molecule has 0 aliphatic carbocycles. The number of aliphatic carboxylic acids is 1. The van der Waals surface area contributed by atoms with E-state index in [1.165, 1.54) is 14.0 Å². The Kier molecular flexibility index (Phi) is 5.45. The average Bonchev–Trinajstić information content (AvgIpc) is 2.34. The van der Waals surface area contributed by atoms with Crippen molar-refractivity contribution in [1.82, 2.24) is 0 Å². The van der Waals surface area contributed by atoms with E-state index < -0.39 is 49.4 Å². The lowest BCUT2D eigenvalue weighted by atomic mass is 9.99. The summed E-state index contributed by atoms with van der Waals surface area (Å²) in [6.45, 7) is 0.766. The maximum atomic E-state index is 10.7. The van der Waals surface area contributed by atoms with Gasteiger partial charge >= 0.3 is 5.97 Å². The molecule has 0 aromatic rings. The van der Waals surface area contributed by atoms with Gasteiger partial charge < -0.3 is 34.6 Å². The molecule has 0 aromatic heterocycles. The minimum absolute atomic E-state index is 0.505. The third-order valence-corrected chi connectivity index (χ3v) is 2.76. The summed E-state index contributed by atoms with van der Waals surface area (Å²) in [4.78, 5) is 10.7. The Morgan fingerprint density at radius 2 is 2.00 bits per heavy atom. The fourth-order valence-electron chi connectivity index (χ4n) is 1.70. The van der Waals surface area contributed by atoms with Gasteiger partial charge in [0.1, 0.15) is 24.4 Å². The molecule has 1 aliphatic heterocycles. The van der Waals surface area contributed by atoms with Crippen LogP contribution in [0.3, 0.4) is 0 Å². The van der Waals surface area contributed by atoms with Gasteiger partial charge in [0.25, 0.3) is 0 Å². The van der Waals surface area contributed by atoms with Crippen LogP contribution in [0, 0.1) is 0 Å². The molecule has 0 amide bonds. The van der Waals surface area contributed by atoms with Crippen LogP contribution < -0.4 is 0 Å². The number of hydrogen-bond donors (Lipinski definition) is 4. The fraction of sp³-hybridized carbons (Fsp3) is 0.900. The summed E-state index contributed by atoms with van der Waals surface area (Å²) in [5.74, 6) is -1.23. The van der Waals surface area contributed by atoms with E-state index in [1.807, 2.05) is 0 Å². The highest BCUT2D eigenvalue weighted by Crippen LogP contribution is 2.24. The first-order valence-electron chi connectivity index (χ1n) is 5.45. The second kappa shape index (κ2) is 6.41. The Labute approximate surface area is 104 Å². The van der Waals surface area contributed by atoms with Gasteiger partial charge in [0.2, 0.25) is 0 Å². The summed E-state index contributed by atoms with van der Waals surface area (Å²) in [5.41, 5.74) is 0. The second-order valence-corrected chi connectivity index (χ2v) is 4.02. The Morgan fingerprint density at radius 3 is 2.44 bits per heavy atom. The van der Waals surface area contributed by atoms with Crippen LogP contribution in [-0.2, 0) is 19.0 Å². The SMILES string of the molecule is CO[C@H]1O[C@H](CO)[C@@H](O)[C@H](O[C@H](C)C(=O)O)[C@H]1O. The maximum Gasteiger partial charge on any atom is 0.332 e. The summed E-state index contributed by atoms with van der Waals surface area (Å²) in [6, 6.07) is 0. The molecule has 0 aromatic carbocycles. The van der Waals surface area contributed by atoms with Crippen molar-refractivity contribution in [1.29, 1.82) is 0 Å². The van der Waals surface area contributed by atoms with Gasteiger partial charge in [-0.15, -0.1) is 0 Å². The zero-order valence-corrected chi connectivity index (χ0v) is 10.1. The Balaban J connectivity index is 2.79. The second-order valence-electron chi connectivity index (χ2n) is 4.02. The lowest BCUT2D eigenvalue weighted by Crippen LogP contribution is -2.60. The first kappa shape index (κ1) is 15.3. The third-order valence-electron chi connectivity index (χ3n) is 2.76. The van der Waals surface area contributed by atoms with Gasteiger partial charge in [0.05, 0.1) is 6.61 Å². The molecular formula is C10H18O8. The molecule has 0 spiro atoms. The van der Waals surface area contributed by atoms with Crippen LogP contribution in [0.2, 0.25) is 0 Å². The van der Waals surface area contributed by atoms with Crippen molar-refractivity contribution in [3.05, 3.63) is 0 Å². The van der Waals surface area contributed by atoms with Crippen LogP contribution in [0.5, 0.6) is 0 Å². The summed E-state index contributed by atoms with van der Waals surface area (Å²) >= 11 is 0. The molecule has 0 bridgehead atoms. The number of carbonyl (C=O) groups is 1. The number of carboxylic acids is 1. The Hall–Kier alpha value is -0.770. The monoisotopic (exact) mass is 266 g/mol. The number of rotatable bonds is 5. The molecule has 1 saturated heterocycles. The van der Waals surface area contributed by atoms with Crippen LogP contribution >= 0.6 is 0 Å². The van der Waals surface area contributed by atoms with Crippen LogP contribution in [0.1, 0.15) is 6.92 Å². The molecule has 18 heavy (non-hydrogen) atoms. The smallest absolute Gasteiger partial charge is 0.332 e. The molecule has 1 heterocycles. The van der Waals surface area contributed by atoms with Crippen LogP contribution in [-0.4, -0.2) is 76.9 Å². The molecule has 8 heteroatoms. The van der Waals surface area contributed by atoms with Crippen LogP contribution in [0.15, 0.2) is 0 Å². The summed E-state index contributed by atoms with van der Waals surface area (Å²) in [5, 5.41) is 37.4. The van der Waals surface area contributed by atoms with Crippen LogP contribution in [0.4, 0.5) is 0 Å². The number of aliphatic hydroxyl groups is 3. The first-order valence-corrected chi connectivity index (χ1v) is 5.45. The average molecular weight is 266 g/mol. The Bertz CT molecular complexity index is 267. The first-order chi connectivity index (χ1) is 8.42. The highest BCUT2D eigenvalue weighted by molar-refractivity contribution is 5.71. The van der Waals surface area contributed by atoms with Gasteiger partial charge in [0, 0.05) is 7.11 Å². The molecule has 1 fully saturated rings. The molecule has 1 rings (SSSR count). The van der Waals surface area contributed by atoms with Gasteiger partial charge in [0.15, 0.2) is 12.4 Å². The summed E-state index contributed by atoms with van der Waals surface area (Å²) in [7, 11) is 1.28. The maximum absolute atomic E-state index is 10.7. The van der Waals surface area contributed by atoms with Crippen LogP contribution in [0.25, 0.3) is 0 Å². The van der Waals surface area contributed by atoms with Gasteiger partial charge in [-0.25, -0.2) is 4.79 Å². The summed E-state index contributed by atoms with van der Waals surface area (Å²) in [6.07, 6.45) is -7.24. The minimum atomic E-state index is -1.35. The molecule has 0 unspecified atom stereocenters. The largest absolute Gasteiger partial charge is 0.479 e. The van der Waals surface area contributed by atoms with Crippen molar-refractivity contribution < 1.29 is 39.4 Å². The normalized spacial score (nSPS) is 38.4. The van der Waals surface area contributed by atoms with E-state index in [9.17, 15) is 15.0 Å². The number of hydrogen-bond acceptors (Lipinski definition) is 7. The zero-order chi connectivity index (χ0) is 13.9. The third kappa shape index (κ3) is 3.16. The van der Waals surface area contributed by atoms with E-state index in [1.54, 1.807) is 0 Å². The van der Waals surface area contributed by atoms with Gasteiger partial charge in [-0.1, -0.05) is 0 Å². The van der Waals surface area contributed by atoms with Crippen molar-refractivity contribution in [3.8, 4) is 0 Å². The summed E-state index contributed by atoms with van der Waals surface area (Å²) < 4.78 is 15.0.